The molecule has 1 fully saturated rings. The second kappa shape index (κ2) is 10.0. The van der Waals surface area contributed by atoms with Crippen LogP contribution in [0.15, 0.2) is 48.5 Å². The van der Waals surface area contributed by atoms with Gasteiger partial charge in [0.1, 0.15) is 11.8 Å². The van der Waals surface area contributed by atoms with E-state index in [-0.39, 0.29) is 0 Å². The molecule has 0 spiro atoms. The van der Waals surface area contributed by atoms with Gasteiger partial charge in [-0.05, 0) is 62.4 Å². The number of benzene rings is 2. The fourth-order valence-corrected chi connectivity index (χ4v) is 4.66. The molecule has 2 aromatic carbocycles. The number of carbonyl (C=O) groups is 1. The molecule has 1 aliphatic heterocycles. The molecule has 1 aliphatic rings. The summed E-state index contributed by atoms with van der Waals surface area (Å²) in [6.07, 6.45) is 1.09. The van der Waals surface area contributed by atoms with Crippen molar-refractivity contribution in [3.63, 3.8) is 0 Å². The summed E-state index contributed by atoms with van der Waals surface area (Å²) in [5, 5.41) is 2.81. The van der Waals surface area contributed by atoms with Crippen molar-refractivity contribution in [1.29, 1.82) is 0 Å². The van der Waals surface area contributed by atoms with Crippen molar-refractivity contribution in [2.24, 2.45) is 0 Å². The summed E-state index contributed by atoms with van der Waals surface area (Å²) in [7, 11) is -3.69. The van der Waals surface area contributed by atoms with Gasteiger partial charge >= 0.3 is 0 Å². The normalized spacial score (nSPS) is 15.3. The third-order valence-electron chi connectivity index (χ3n) is 5.00. The SMILES string of the molecule is CCOc1ccc(N([C@@H](C)C(=O)Nc2ccc(N3CCOCC3)cc2)S(C)(=O)=O)cc1. The molecule has 1 N–H and O–H groups in total. The maximum absolute atomic E-state index is 12.9. The van der Waals surface area contributed by atoms with Gasteiger partial charge in [0.15, 0.2) is 0 Å². The van der Waals surface area contributed by atoms with Gasteiger partial charge in [-0.3, -0.25) is 9.10 Å². The zero-order valence-corrected chi connectivity index (χ0v) is 18.9. The predicted octanol–water partition coefficient (Wildman–Crippen LogP) is 2.72. The van der Waals surface area contributed by atoms with Gasteiger partial charge in [-0.1, -0.05) is 0 Å². The van der Waals surface area contributed by atoms with E-state index in [9.17, 15) is 13.2 Å². The molecule has 3 rings (SSSR count). The number of hydrogen-bond acceptors (Lipinski definition) is 6. The first-order valence-electron chi connectivity index (χ1n) is 10.3. The van der Waals surface area contributed by atoms with Crippen LogP contribution in [0.2, 0.25) is 0 Å². The van der Waals surface area contributed by atoms with Gasteiger partial charge in [0, 0.05) is 24.5 Å². The van der Waals surface area contributed by atoms with Crippen LogP contribution in [0.1, 0.15) is 13.8 Å². The number of morpholine rings is 1. The van der Waals surface area contributed by atoms with Crippen molar-refractivity contribution < 1.29 is 22.7 Å². The van der Waals surface area contributed by atoms with Gasteiger partial charge in [-0.25, -0.2) is 8.42 Å². The van der Waals surface area contributed by atoms with Gasteiger partial charge in [-0.2, -0.15) is 0 Å². The van der Waals surface area contributed by atoms with Crippen LogP contribution in [0.3, 0.4) is 0 Å². The molecule has 0 bridgehead atoms. The Morgan fingerprint density at radius 2 is 1.74 bits per heavy atom. The van der Waals surface area contributed by atoms with Gasteiger partial charge in [0.05, 0.1) is 31.8 Å². The van der Waals surface area contributed by atoms with E-state index in [4.69, 9.17) is 9.47 Å². The molecule has 168 valence electrons. The number of hydrogen-bond donors (Lipinski definition) is 1. The summed E-state index contributed by atoms with van der Waals surface area (Å²) in [6.45, 7) is 7.00. The highest BCUT2D eigenvalue weighted by Gasteiger charge is 2.29. The lowest BCUT2D eigenvalue weighted by atomic mass is 10.2. The average molecular weight is 448 g/mol. The Labute approximate surface area is 183 Å². The molecule has 8 nitrogen and oxygen atoms in total. The Morgan fingerprint density at radius 1 is 1.13 bits per heavy atom. The predicted molar refractivity (Wildman–Crippen MR) is 122 cm³/mol. The highest BCUT2D eigenvalue weighted by atomic mass is 32.2. The lowest BCUT2D eigenvalue weighted by Gasteiger charge is -2.29. The van der Waals surface area contributed by atoms with Crippen LogP contribution < -0.4 is 19.3 Å². The number of amides is 1. The molecule has 31 heavy (non-hydrogen) atoms. The smallest absolute Gasteiger partial charge is 0.247 e. The number of carbonyl (C=O) groups excluding carboxylic acids is 1. The van der Waals surface area contributed by atoms with Crippen LogP contribution in [-0.4, -0.2) is 59.5 Å². The minimum atomic E-state index is -3.69. The quantitative estimate of drug-likeness (QED) is 0.670. The molecule has 1 amide bonds. The summed E-state index contributed by atoms with van der Waals surface area (Å²) >= 11 is 0. The molecule has 1 saturated heterocycles. The number of rotatable bonds is 8. The second-order valence-corrected chi connectivity index (χ2v) is 9.16. The summed E-state index contributed by atoms with van der Waals surface area (Å²) in [5.74, 6) is 0.218. The van der Waals surface area contributed by atoms with Crippen LogP contribution in [-0.2, 0) is 19.6 Å². The Hall–Kier alpha value is -2.78. The van der Waals surface area contributed by atoms with Gasteiger partial charge in [-0.15, -0.1) is 0 Å². The Morgan fingerprint density at radius 3 is 2.29 bits per heavy atom. The second-order valence-electron chi connectivity index (χ2n) is 7.30. The van der Waals surface area contributed by atoms with Gasteiger partial charge in [0.2, 0.25) is 15.9 Å². The molecule has 9 heteroatoms. The van der Waals surface area contributed by atoms with E-state index in [0.717, 1.165) is 29.3 Å². The molecule has 1 heterocycles. The number of nitrogens with zero attached hydrogens (tertiary/aromatic N) is 2. The lowest BCUT2D eigenvalue weighted by molar-refractivity contribution is -0.116. The van der Waals surface area contributed by atoms with E-state index >= 15 is 0 Å². The van der Waals surface area contributed by atoms with Gasteiger partial charge < -0.3 is 19.7 Å². The van der Waals surface area contributed by atoms with Crippen LogP contribution >= 0.6 is 0 Å². The van der Waals surface area contributed by atoms with E-state index < -0.39 is 22.0 Å². The van der Waals surface area contributed by atoms with Crippen molar-refractivity contribution in [3.05, 3.63) is 48.5 Å². The van der Waals surface area contributed by atoms with E-state index in [0.29, 0.717) is 36.9 Å². The van der Waals surface area contributed by atoms with E-state index in [1.165, 1.54) is 0 Å². The highest BCUT2D eigenvalue weighted by Crippen LogP contribution is 2.25. The molecule has 1 atom stereocenters. The van der Waals surface area contributed by atoms with Crippen molar-refractivity contribution in [1.82, 2.24) is 0 Å². The summed E-state index contributed by atoms with van der Waals surface area (Å²) in [4.78, 5) is 15.1. The first-order chi connectivity index (χ1) is 14.8. The standard InChI is InChI=1S/C22H29N3O5S/c1-4-30-21-11-9-20(10-12-21)25(31(3,27)28)17(2)22(26)23-18-5-7-19(8-6-18)24-13-15-29-16-14-24/h5-12,17H,4,13-16H2,1-3H3,(H,23,26)/t17-/m0/s1. The highest BCUT2D eigenvalue weighted by molar-refractivity contribution is 7.92. The topological polar surface area (TPSA) is 88.2 Å². The molecule has 2 aromatic rings. The van der Waals surface area contributed by atoms with E-state index in [1.54, 1.807) is 31.2 Å². The minimum Gasteiger partial charge on any atom is -0.494 e. The maximum atomic E-state index is 12.9. The monoisotopic (exact) mass is 447 g/mol. The number of nitrogens with one attached hydrogen (secondary N) is 1. The molecular weight excluding hydrogens is 418 g/mol. The van der Waals surface area contributed by atoms with Gasteiger partial charge in [0.25, 0.3) is 0 Å². The number of sulfonamides is 1. The Balaban J connectivity index is 1.72. The van der Waals surface area contributed by atoms with E-state index in [1.807, 2.05) is 31.2 Å². The molecule has 0 aromatic heterocycles. The van der Waals surface area contributed by atoms with Crippen molar-refractivity contribution >= 4 is 33.0 Å². The number of ether oxygens (including phenoxy) is 2. The molecule has 0 radical (unpaired) electrons. The Bertz CT molecular complexity index is 971. The molecule has 0 unspecified atom stereocenters. The average Bonchev–Trinajstić information content (AvgIpc) is 2.75. The molecule has 0 saturated carbocycles. The van der Waals surface area contributed by atoms with Crippen molar-refractivity contribution in [3.8, 4) is 5.75 Å². The third kappa shape index (κ3) is 5.89. The minimum absolute atomic E-state index is 0.399. The summed E-state index contributed by atoms with van der Waals surface area (Å²) < 4.78 is 36.8. The van der Waals surface area contributed by atoms with Crippen LogP contribution in [0.25, 0.3) is 0 Å². The van der Waals surface area contributed by atoms with Crippen LogP contribution in [0, 0.1) is 0 Å². The fraction of sp³-hybridized carbons (Fsp3) is 0.409. The fourth-order valence-electron chi connectivity index (χ4n) is 3.49. The van der Waals surface area contributed by atoms with Crippen molar-refractivity contribution in [2.75, 3.05) is 53.7 Å². The number of anilines is 3. The lowest BCUT2D eigenvalue weighted by Crippen LogP contribution is -2.45. The van der Waals surface area contributed by atoms with E-state index in [2.05, 4.69) is 10.2 Å². The summed E-state index contributed by atoms with van der Waals surface area (Å²) in [6, 6.07) is 13.2. The maximum Gasteiger partial charge on any atom is 0.247 e. The van der Waals surface area contributed by atoms with Crippen LogP contribution in [0.5, 0.6) is 5.75 Å². The molecular formula is C22H29N3O5S. The first kappa shape index (κ1) is 22.9. The molecule has 0 aliphatic carbocycles. The largest absolute Gasteiger partial charge is 0.494 e. The first-order valence-corrected chi connectivity index (χ1v) is 12.1. The van der Waals surface area contributed by atoms with Crippen molar-refractivity contribution in [2.45, 2.75) is 19.9 Å². The zero-order valence-electron chi connectivity index (χ0n) is 18.1. The third-order valence-corrected chi connectivity index (χ3v) is 6.24. The zero-order chi connectivity index (χ0) is 22.4. The Kier molecular flexibility index (Phi) is 7.40. The summed E-state index contributed by atoms with van der Waals surface area (Å²) in [5.41, 5.74) is 2.06. The van der Waals surface area contributed by atoms with Crippen LogP contribution in [0.4, 0.5) is 17.1 Å².